The Morgan fingerprint density at radius 2 is 2.20 bits per heavy atom. The number of hydrogen-bond donors (Lipinski definition) is 0. The Hall–Kier alpha value is -1.13. The minimum atomic E-state index is -0.0297. The van der Waals surface area contributed by atoms with E-state index in [1.165, 1.54) is 0 Å². The van der Waals surface area contributed by atoms with Crippen molar-refractivity contribution in [2.24, 2.45) is 15.8 Å². The molecule has 0 N–H and O–H groups in total. The third-order valence-corrected chi connectivity index (χ3v) is 4.09. The quantitative estimate of drug-likeness (QED) is 0.388. The minimum absolute atomic E-state index is 0.0297. The molecule has 1 saturated carbocycles. The van der Waals surface area contributed by atoms with Crippen molar-refractivity contribution in [1.82, 2.24) is 0 Å². The average molecular weight is 206 g/mol. The van der Waals surface area contributed by atoms with Gasteiger partial charge in [0.15, 0.2) is 0 Å². The number of rotatable bonds is 2. The second kappa shape index (κ2) is 4.16. The zero-order valence-electron chi connectivity index (χ0n) is 9.71. The summed E-state index contributed by atoms with van der Waals surface area (Å²) in [5.41, 5.74) is 0.129. The highest BCUT2D eigenvalue weighted by Gasteiger charge is 2.48. The van der Waals surface area contributed by atoms with Crippen molar-refractivity contribution in [3.8, 4) is 0 Å². The zero-order chi connectivity index (χ0) is 11.5. The third kappa shape index (κ3) is 2.27. The minimum Gasteiger partial charge on any atom is -0.316 e. The summed E-state index contributed by atoms with van der Waals surface area (Å²) in [6.07, 6.45) is 4.44. The first-order valence-electron chi connectivity index (χ1n) is 5.35. The molecule has 2 atom stereocenters. The van der Waals surface area contributed by atoms with Crippen molar-refractivity contribution >= 4 is 6.08 Å². The Bertz CT molecular complexity index is 323. The van der Waals surface area contributed by atoms with E-state index in [9.17, 15) is 4.79 Å². The lowest BCUT2D eigenvalue weighted by Crippen LogP contribution is -2.44. The molecule has 1 fully saturated rings. The van der Waals surface area contributed by atoms with Gasteiger partial charge in [0.1, 0.15) is 0 Å². The first kappa shape index (κ1) is 11.9. The van der Waals surface area contributed by atoms with Crippen LogP contribution in [-0.2, 0) is 4.79 Å². The smallest absolute Gasteiger partial charge is 0.235 e. The fraction of sp³-hybridized carbons (Fsp3) is 0.833. The molecule has 15 heavy (non-hydrogen) atoms. The van der Waals surface area contributed by atoms with Crippen LogP contribution in [0.25, 0.3) is 4.85 Å². The molecule has 0 aromatic carbocycles. The Kier molecular flexibility index (Phi) is 3.31. The maximum Gasteiger partial charge on any atom is 0.235 e. The normalized spacial score (nSPS) is 33.9. The molecule has 0 aromatic rings. The van der Waals surface area contributed by atoms with E-state index in [-0.39, 0.29) is 16.9 Å². The number of carbonyl (C=O) groups excluding carboxylic acids is 1. The first-order chi connectivity index (χ1) is 6.95. The third-order valence-electron chi connectivity index (χ3n) is 4.09. The monoisotopic (exact) mass is 206 g/mol. The maximum absolute atomic E-state index is 10.3. The molecular formula is C12H18N2O. The van der Waals surface area contributed by atoms with Crippen LogP contribution in [0.5, 0.6) is 0 Å². The van der Waals surface area contributed by atoms with Gasteiger partial charge in [0.2, 0.25) is 12.6 Å². The number of hydrogen-bond acceptors (Lipinski definition) is 2. The first-order valence-corrected chi connectivity index (χ1v) is 5.35. The van der Waals surface area contributed by atoms with Gasteiger partial charge in [0, 0.05) is 5.41 Å². The Balaban J connectivity index is 2.88. The van der Waals surface area contributed by atoms with Crippen LogP contribution in [0.4, 0.5) is 0 Å². The molecule has 0 saturated heterocycles. The fourth-order valence-electron chi connectivity index (χ4n) is 2.37. The molecule has 0 heterocycles. The van der Waals surface area contributed by atoms with Gasteiger partial charge in [-0.1, -0.05) is 20.8 Å². The average Bonchev–Trinajstić information content (AvgIpc) is 2.13. The molecule has 1 aliphatic carbocycles. The number of isocyanates is 1. The van der Waals surface area contributed by atoms with Crippen molar-refractivity contribution in [2.45, 2.75) is 46.1 Å². The van der Waals surface area contributed by atoms with Crippen LogP contribution in [0.3, 0.4) is 0 Å². The Morgan fingerprint density at radius 3 is 2.73 bits per heavy atom. The molecule has 3 heteroatoms. The maximum atomic E-state index is 10.3. The highest BCUT2D eigenvalue weighted by atomic mass is 16.1. The second-order valence-corrected chi connectivity index (χ2v) is 5.38. The summed E-state index contributed by atoms with van der Waals surface area (Å²) in [6, 6.07) is 0.0716. The highest BCUT2D eigenvalue weighted by Crippen LogP contribution is 2.50. The number of aliphatic imine (C=N–C) groups is 1. The lowest BCUT2D eigenvalue weighted by Gasteiger charge is -2.46. The molecule has 0 aliphatic heterocycles. The summed E-state index contributed by atoms with van der Waals surface area (Å²) in [5, 5.41) is 0. The molecular weight excluding hydrogens is 188 g/mol. The van der Waals surface area contributed by atoms with Gasteiger partial charge >= 0.3 is 0 Å². The van der Waals surface area contributed by atoms with Crippen LogP contribution >= 0.6 is 0 Å². The fourth-order valence-corrected chi connectivity index (χ4v) is 2.37. The van der Waals surface area contributed by atoms with Gasteiger partial charge in [-0.2, -0.15) is 0 Å². The molecule has 1 rings (SSSR count). The number of nitrogens with zero attached hydrogens (tertiary/aromatic N) is 2. The van der Waals surface area contributed by atoms with E-state index < -0.39 is 0 Å². The van der Waals surface area contributed by atoms with E-state index >= 15 is 0 Å². The predicted octanol–water partition coefficient (Wildman–Crippen LogP) is 2.83. The van der Waals surface area contributed by atoms with E-state index in [1.807, 2.05) is 0 Å². The predicted molar refractivity (Wildman–Crippen MR) is 59.1 cm³/mol. The van der Waals surface area contributed by atoms with E-state index in [1.54, 1.807) is 6.08 Å². The standard InChI is InChI=1S/C12H18N2O/c1-11(2)6-5-10(14-9-15)7-12(11,3)8-13-4/h10H,5-8H2,1-3H3. The molecule has 2 unspecified atom stereocenters. The molecule has 0 radical (unpaired) electrons. The largest absolute Gasteiger partial charge is 0.316 e. The van der Waals surface area contributed by atoms with Crippen molar-refractivity contribution < 1.29 is 4.79 Å². The SMILES string of the molecule is [C-]#[N+]CC1(C)CC(N=C=O)CCC1(C)C. The van der Waals surface area contributed by atoms with Crippen LogP contribution in [-0.4, -0.2) is 18.7 Å². The summed E-state index contributed by atoms with van der Waals surface area (Å²) >= 11 is 0. The van der Waals surface area contributed by atoms with Crippen LogP contribution < -0.4 is 0 Å². The molecule has 1 aliphatic rings. The van der Waals surface area contributed by atoms with E-state index in [0.29, 0.717) is 6.54 Å². The Morgan fingerprint density at radius 1 is 1.53 bits per heavy atom. The van der Waals surface area contributed by atoms with Gasteiger partial charge in [-0.15, -0.1) is 0 Å². The van der Waals surface area contributed by atoms with Gasteiger partial charge in [-0.25, -0.2) is 16.4 Å². The molecule has 0 bridgehead atoms. The van der Waals surface area contributed by atoms with Crippen molar-refractivity contribution in [3.63, 3.8) is 0 Å². The summed E-state index contributed by atoms with van der Waals surface area (Å²) in [6.45, 7) is 14.1. The van der Waals surface area contributed by atoms with Gasteiger partial charge in [-0.3, -0.25) is 0 Å². The van der Waals surface area contributed by atoms with Crippen molar-refractivity contribution in [3.05, 3.63) is 11.4 Å². The highest BCUT2D eigenvalue weighted by molar-refractivity contribution is 5.33. The van der Waals surface area contributed by atoms with Gasteiger partial charge in [0.05, 0.1) is 6.04 Å². The van der Waals surface area contributed by atoms with Crippen LogP contribution in [0.2, 0.25) is 0 Å². The van der Waals surface area contributed by atoms with Gasteiger partial charge in [-0.05, 0) is 24.7 Å². The van der Waals surface area contributed by atoms with Crippen LogP contribution in [0, 0.1) is 17.4 Å². The molecule has 82 valence electrons. The van der Waals surface area contributed by atoms with Gasteiger partial charge in [0.25, 0.3) is 0 Å². The zero-order valence-corrected chi connectivity index (χ0v) is 9.71. The lowest BCUT2D eigenvalue weighted by molar-refractivity contribution is 0.0391. The summed E-state index contributed by atoms with van der Waals surface area (Å²) in [7, 11) is 0. The van der Waals surface area contributed by atoms with Crippen LogP contribution in [0.15, 0.2) is 4.99 Å². The van der Waals surface area contributed by atoms with Crippen molar-refractivity contribution in [1.29, 1.82) is 0 Å². The van der Waals surface area contributed by atoms with E-state index in [4.69, 9.17) is 6.57 Å². The Labute approximate surface area is 91.4 Å². The van der Waals surface area contributed by atoms with E-state index in [0.717, 1.165) is 19.3 Å². The topological polar surface area (TPSA) is 33.8 Å². The van der Waals surface area contributed by atoms with Gasteiger partial charge < -0.3 is 4.85 Å². The molecule has 0 amide bonds. The second-order valence-electron chi connectivity index (χ2n) is 5.38. The van der Waals surface area contributed by atoms with Crippen molar-refractivity contribution in [2.75, 3.05) is 6.54 Å². The summed E-state index contributed by atoms with van der Waals surface area (Å²) < 4.78 is 0. The summed E-state index contributed by atoms with van der Waals surface area (Å²) in [4.78, 5) is 17.6. The van der Waals surface area contributed by atoms with E-state index in [2.05, 4.69) is 30.6 Å². The molecule has 0 aromatic heterocycles. The van der Waals surface area contributed by atoms with Crippen LogP contribution in [0.1, 0.15) is 40.0 Å². The molecule has 3 nitrogen and oxygen atoms in total. The molecule has 0 spiro atoms. The summed E-state index contributed by atoms with van der Waals surface area (Å²) in [5.74, 6) is 0. The lowest BCUT2D eigenvalue weighted by atomic mass is 9.57.